The van der Waals surface area contributed by atoms with Crippen LogP contribution in [-0.4, -0.2) is 0 Å². The number of fused-ring (bicyclic) bond motifs is 1. The van der Waals surface area contributed by atoms with Crippen LogP contribution < -0.4 is 0 Å². The quantitative estimate of drug-likeness (QED) is 0.536. The van der Waals surface area contributed by atoms with Gasteiger partial charge in [-0.25, -0.2) is 0 Å². The lowest BCUT2D eigenvalue weighted by molar-refractivity contribution is 0.275. The highest BCUT2D eigenvalue weighted by atomic mass is 14.7. The van der Waals surface area contributed by atoms with Gasteiger partial charge in [0.05, 0.1) is 0 Å². The summed E-state index contributed by atoms with van der Waals surface area (Å²) in [4.78, 5) is 0. The van der Waals surface area contributed by atoms with E-state index in [2.05, 4.69) is 0 Å². The molecule has 11 heavy (non-hydrogen) atoms. The van der Waals surface area contributed by atoms with Crippen molar-refractivity contribution in [3.8, 4) is 0 Å². The highest BCUT2D eigenvalue weighted by Gasteiger charge is 2.68. The van der Waals surface area contributed by atoms with Crippen molar-refractivity contribution in [3.63, 3.8) is 0 Å². The fraction of sp³-hybridized carbons (Fsp3) is 1.00. The van der Waals surface area contributed by atoms with Crippen molar-refractivity contribution in [1.29, 1.82) is 0 Å². The smallest absolute Gasteiger partial charge is 0.0261 e. The molecule has 0 heteroatoms. The summed E-state index contributed by atoms with van der Waals surface area (Å²) in [5.41, 5.74) is 0.967. The van der Waals surface area contributed by atoms with Gasteiger partial charge >= 0.3 is 0 Å². The molecule has 4 fully saturated rings. The third-order valence-corrected chi connectivity index (χ3v) is 4.84. The molecule has 1 spiro atoms. The average molecular weight is 148 g/mol. The normalized spacial score (nSPS) is 56.2. The maximum absolute atomic E-state index is 1.65. The largest absolute Gasteiger partial charge is 0.0499 e. The molecule has 0 aromatic rings. The van der Waals surface area contributed by atoms with E-state index in [0.29, 0.717) is 0 Å². The molecule has 3 unspecified atom stereocenters. The van der Waals surface area contributed by atoms with Gasteiger partial charge in [0.25, 0.3) is 0 Å². The Bertz CT molecular complexity index is 210. The first-order chi connectivity index (χ1) is 5.39. The third kappa shape index (κ3) is 0.588. The predicted octanol–water partition coefficient (Wildman–Crippen LogP) is 2.83. The molecule has 0 bridgehead atoms. The van der Waals surface area contributed by atoms with Crippen LogP contribution in [0.3, 0.4) is 0 Å². The van der Waals surface area contributed by atoms with Crippen LogP contribution in [0.5, 0.6) is 0 Å². The van der Waals surface area contributed by atoms with Crippen LogP contribution in [0.25, 0.3) is 0 Å². The maximum atomic E-state index is 1.65. The van der Waals surface area contributed by atoms with Gasteiger partial charge in [-0.15, -0.1) is 0 Å². The van der Waals surface area contributed by atoms with Crippen LogP contribution in [0.15, 0.2) is 0 Å². The van der Waals surface area contributed by atoms with Crippen molar-refractivity contribution in [2.75, 3.05) is 0 Å². The molecule has 0 amide bonds. The second-order valence-corrected chi connectivity index (χ2v) is 5.59. The topological polar surface area (TPSA) is 0 Å². The second kappa shape index (κ2) is 1.41. The molecule has 0 aromatic carbocycles. The zero-order valence-corrected chi connectivity index (χ0v) is 7.05. The molecule has 60 valence electrons. The summed E-state index contributed by atoms with van der Waals surface area (Å²) >= 11 is 0. The van der Waals surface area contributed by atoms with Crippen molar-refractivity contribution < 1.29 is 0 Å². The predicted molar refractivity (Wildman–Crippen MR) is 44.1 cm³/mol. The second-order valence-electron chi connectivity index (χ2n) is 5.59. The van der Waals surface area contributed by atoms with Crippen molar-refractivity contribution in [2.45, 2.75) is 38.5 Å². The van der Waals surface area contributed by atoms with Gasteiger partial charge < -0.3 is 0 Å². The Hall–Kier alpha value is 0. The molecule has 0 aromatic heterocycles. The standard InChI is InChI=1S/C11H16/c1-2-7(1)10-9-5-8(9)6-11(10)3-4-11/h7-10H,1-6H2. The van der Waals surface area contributed by atoms with Crippen LogP contribution in [0.1, 0.15) is 38.5 Å². The molecule has 3 atom stereocenters. The summed E-state index contributed by atoms with van der Waals surface area (Å²) in [6, 6.07) is 0. The SMILES string of the molecule is C1CC1C1C2CC2CC12CC2. The molecule has 4 saturated carbocycles. The summed E-state index contributed by atoms with van der Waals surface area (Å²) in [6.07, 6.45) is 9.69. The van der Waals surface area contributed by atoms with Crippen LogP contribution in [-0.2, 0) is 0 Å². The lowest BCUT2D eigenvalue weighted by Gasteiger charge is -2.20. The highest BCUT2D eigenvalue weighted by Crippen LogP contribution is 2.76. The van der Waals surface area contributed by atoms with Gasteiger partial charge in [0.1, 0.15) is 0 Å². The Balaban J connectivity index is 1.71. The Morgan fingerprint density at radius 3 is 2.45 bits per heavy atom. The first-order valence-electron chi connectivity index (χ1n) is 5.39. The summed E-state index contributed by atoms with van der Waals surface area (Å²) in [7, 11) is 0. The molecule has 4 aliphatic carbocycles. The van der Waals surface area contributed by atoms with E-state index in [9.17, 15) is 0 Å². The van der Waals surface area contributed by atoms with Gasteiger partial charge in [0.15, 0.2) is 0 Å². The molecular formula is C11H16. The van der Waals surface area contributed by atoms with Gasteiger partial charge in [-0.2, -0.15) is 0 Å². The van der Waals surface area contributed by atoms with E-state index >= 15 is 0 Å². The molecule has 0 nitrogen and oxygen atoms in total. The minimum Gasteiger partial charge on any atom is -0.0499 e. The minimum absolute atomic E-state index is 0.967. The summed E-state index contributed by atoms with van der Waals surface area (Å²) < 4.78 is 0. The first-order valence-corrected chi connectivity index (χ1v) is 5.39. The van der Waals surface area contributed by atoms with Crippen molar-refractivity contribution in [2.24, 2.45) is 29.1 Å². The van der Waals surface area contributed by atoms with Crippen LogP contribution in [0.4, 0.5) is 0 Å². The zero-order chi connectivity index (χ0) is 7.05. The van der Waals surface area contributed by atoms with Crippen molar-refractivity contribution >= 4 is 0 Å². The molecular weight excluding hydrogens is 132 g/mol. The van der Waals surface area contributed by atoms with Gasteiger partial charge in [0.2, 0.25) is 0 Å². The van der Waals surface area contributed by atoms with E-state index < -0.39 is 0 Å². The summed E-state index contributed by atoms with van der Waals surface area (Å²) in [6.45, 7) is 0. The average Bonchev–Trinajstić information content (AvgIpc) is 2.77. The van der Waals surface area contributed by atoms with E-state index in [-0.39, 0.29) is 0 Å². The molecule has 0 heterocycles. The first kappa shape index (κ1) is 5.61. The van der Waals surface area contributed by atoms with Gasteiger partial charge in [-0.3, -0.25) is 0 Å². The number of rotatable bonds is 1. The van der Waals surface area contributed by atoms with E-state index in [1.807, 2.05) is 0 Å². The number of hydrogen-bond acceptors (Lipinski definition) is 0. The lowest BCUT2D eigenvalue weighted by atomic mass is 9.84. The Labute approximate surface area is 68.4 Å². The van der Waals surface area contributed by atoms with Gasteiger partial charge in [0, 0.05) is 0 Å². The monoisotopic (exact) mass is 148 g/mol. The molecule has 0 radical (unpaired) electrons. The molecule has 4 rings (SSSR count). The van der Waals surface area contributed by atoms with Gasteiger partial charge in [-0.05, 0) is 67.6 Å². The number of hydrogen-bond donors (Lipinski definition) is 0. The molecule has 0 N–H and O–H groups in total. The Kier molecular flexibility index (Phi) is 0.717. The Morgan fingerprint density at radius 1 is 1.00 bits per heavy atom. The molecule has 0 aliphatic heterocycles. The lowest BCUT2D eigenvalue weighted by Crippen LogP contribution is -2.15. The van der Waals surface area contributed by atoms with E-state index in [1.165, 1.54) is 23.7 Å². The fourth-order valence-corrected chi connectivity index (χ4v) is 4.06. The highest BCUT2D eigenvalue weighted by molar-refractivity contribution is 5.17. The van der Waals surface area contributed by atoms with Crippen LogP contribution >= 0.6 is 0 Å². The molecule has 0 saturated heterocycles. The van der Waals surface area contributed by atoms with Crippen molar-refractivity contribution in [1.82, 2.24) is 0 Å². The van der Waals surface area contributed by atoms with Crippen LogP contribution in [0.2, 0.25) is 0 Å². The van der Waals surface area contributed by atoms with Crippen LogP contribution in [0, 0.1) is 29.1 Å². The van der Waals surface area contributed by atoms with Gasteiger partial charge in [-0.1, -0.05) is 0 Å². The van der Waals surface area contributed by atoms with Crippen molar-refractivity contribution in [3.05, 3.63) is 0 Å². The van der Waals surface area contributed by atoms with E-state index in [1.54, 1.807) is 38.5 Å². The third-order valence-electron chi connectivity index (χ3n) is 4.84. The molecule has 4 aliphatic rings. The van der Waals surface area contributed by atoms with E-state index in [0.717, 1.165) is 5.41 Å². The summed E-state index contributed by atoms with van der Waals surface area (Å²) in [5.74, 6) is 4.93. The van der Waals surface area contributed by atoms with E-state index in [4.69, 9.17) is 0 Å². The zero-order valence-electron chi connectivity index (χ0n) is 7.05. The minimum atomic E-state index is 0.967. The maximum Gasteiger partial charge on any atom is -0.0261 e. The fourth-order valence-electron chi connectivity index (χ4n) is 4.06. The Morgan fingerprint density at radius 2 is 1.82 bits per heavy atom. The summed E-state index contributed by atoms with van der Waals surface area (Å²) in [5, 5.41) is 0.